The smallest absolute Gasteiger partial charge is 0.274 e. The van der Waals surface area contributed by atoms with Crippen LogP contribution < -0.4 is 4.90 Å². The van der Waals surface area contributed by atoms with Crippen molar-refractivity contribution >= 4 is 17.3 Å². The van der Waals surface area contributed by atoms with Gasteiger partial charge in [0.15, 0.2) is 0 Å². The maximum Gasteiger partial charge on any atom is 0.274 e. The highest BCUT2D eigenvalue weighted by Gasteiger charge is 2.29. The van der Waals surface area contributed by atoms with Crippen molar-refractivity contribution in [3.8, 4) is 0 Å². The van der Waals surface area contributed by atoms with Gasteiger partial charge in [0.25, 0.3) is 11.6 Å². The van der Waals surface area contributed by atoms with Gasteiger partial charge in [0.1, 0.15) is 6.61 Å². The Morgan fingerprint density at radius 3 is 3.00 bits per heavy atom. The first-order valence-electron chi connectivity index (χ1n) is 5.20. The number of hydrogen-bond donors (Lipinski definition) is 0. The second-order valence-electron chi connectivity index (χ2n) is 3.76. The van der Waals surface area contributed by atoms with E-state index in [0.717, 1.165) is 0 Å². The van der Waals surface area contributed by atoms with E-state index in [1.165, 1.54) is 18.1 Å². The van der Waals surface area contributed by atoms with Crippen LogP contribution in [0.4, 0.5) is 11.4 Å². The van der Waals surface area contributed by atoms with E-state index >= 15 is 0 Å². The molecule has 0 fully saturated rings. The lowest BCUT2D eigenvalue weighted by molar-refractivity contribution is -0.385. The molecule has 0 saturated carbocycles. The zero-order valence-corrected chi connectivity index (χ0v) is 9.38. The van der Waals surface area contributed by atoms with Crippen molar-refractivity contribution in [1.82, 2.24) is 0 Å². The van der Waals surface area contributed by atoms with Crippen LogP contribution in [-0.4, -0.2) is 31.1 Å². The Labute approximate surface area is 97.9 Å². The van der Waals surface area contributed by atoms with E-state index in [1.54, 1.807) is 12.1 Å². The first kappa shape index (κ1) is 11.5. The summed E-state index contributed by atoms with van der Waals surface area (Å²) in [4.78, 5) is 23.7. The normalized spacial score (nSPS) is 13.6. The lowest BCUT2D eigenvalue weighted by atomic mass is 10.1. The van der Waals surface area contributed by atoms with Crippen molar-refractivity contribution in [2.24, 2.45) is 0 Å². The quantitative estimate of drug-likeness (QED) is 0.582. The monoisotopic (exact) mass is 236 g/mol. The number of nitro groups is 1. The molecule has 1 heterocycles. The van der Waals surface area contributed by atoms with E-state index in [-0.39, 0.29) is 18.2 Å². The molecule has 1 amide bonds. The van der Waals surface area contributed by atoms with Crippen molar-refractivity contribution in [2.75, 3.05) is 25.2 Å². The average molecular weight is 236 g/mol. The van der Waals surface area contributed by atoms with Gasteiger partial charge >= 0.3 is 0 Å². The number of nitro benzene ring substituents is 1. The third kappa shape index (κ3) is 1.99. The minimum atomic E-state index is -0.414. The standard InChI is InChI=1S/C11H12N2O4/c1-17-7-11(14)12-6-5-8-9(12)3-2-4-10(8)13(15)16/h2-4H,5-7H2,1H3. The lowest BCUT2D eigenvalue weighted by Gasteiger charge is -2.16. The molecule has 0 saturated heterocycles. The molecular weight excluding hydrogens is 224 g/mol. The molecule has 0 bridgehead atoms. The van der Waals surface area contributed by atoms with E-state index in [4.69, 9.17) is 4.74 Å². The zero-order chi connectivity index (χ0) is 12.4. The summed E-state index contributed by atoms with van der Waals surface area (Å²) in [5.41, 5.74) is 1.33. The summed E-state index contributed by atoms with van der Waals surface area (Å²) >= 11 is 0. The van der Waals surface area contributed by atoms with Crippen LogP contribution in [0.15, 0.2) is 18.2 Å². The maximum atomic E-state index is 11.7. The number of anilines is 1. The van der Waals surface area contributed by atoms with Crippen LogP contribution in [0.1, 0.15) is 5.56 Å². The molecule has 1 aromatic rings. The third-order valence-electron chi connectivity index (χ3n) is 2.77. The molecule has 90 valence electrons. The second kappa shape index (κ2) is 4.50. The molecule has 1 aliphatic heterocycles. The number of methoxy groups -OCH3 is 1. The number of carbonyl (C=O) groups excluding carboxylic acids is 1. The van der Waals surface area contributed by atoms with E-state index in [9.17, 15) is 14.9 Å². The number of hydrogen-bond acceptors (Lipinski definition) is 4. The highest BCUT2D eigenvalue weighted by atomic mass is 16.6. The zero-order valence-electron chi connectivity index (χ0n) is 9.38. The SMILES string of the molecule is COCC(=O)N1CCc2c1cccc2[N+](=O)[O-]. The van der Waals surface area contributed by atoms with Gasteiger partial charge in [-0.15, -0.1) is 0 Å². The minimum Gasteiger partial charge on any atom is -0.375 e. The van der Waals surface area contributed by atoms with Gasteiger partial charge in [-0.25, -0.2) is 0 Å². The lowest BCUT2D eigenvalue weighted by Crippen LogP contribution is -2.31. The summed E-state index contributed by atoms with van der Waals surface area (Å²) in [5, 5.41) is 10.8. The minimum absolute atomic E-state index is 0.0118. The van der Waals surface area contributed by atoms with Crippen molar-refractivity contribution in [1.29, 1.82) is 0 Å². The van der Waals surface area contributed by atoms with Crippen molar-refractivity contribution in [3.05, 3.63) is 33.9 Å². The Balaban J connectivity index is 2.36. The molecule has 0 spiro atoms. The van der Waals surface area contributed by atoms with E-state index in [0.29, 0.717) is 24.2 Å². The number of rotatable bonds is 3. The second-order valence-corrected chi connectivity index (χ2v) is 3.76. The molecule has 0 N–H and O–H groups in total. The number of nitrogens with zero attached hydrogens (tertiary/aromatic N) is 2. The van der Waals surface area contributed by atoms with Crippen molar-refractivity contribution < 1.29 is 14.5 Å². The summed E-state index contributed by atoms with van der Waals surface area (Å²) in [6.07, 6.45) is 0.516. The largest absolute Gasteiger partial charge is 0.375 e. The van der Waals surface area contributed by atoms with Crippen molar-refractivity contribution in [2.45, 2.75) is 6.42 Å². The molecule has 2 rings (SSSR count). The summed E-state index contributed by atoms with van der Waals surface area (Å²) in [6.45, 7) is 0.463. The molecule has 0 atom stereocenters. The topological polar surface area (TPSA) is 72.7 Å². The van der Waals surface area contributed by atoms with Crippen LogP contribution >= 0.6 is 0 Å². The molecular formula is C11H12N2O4. The Morgan fingerprint density at radius 2 is 2.35 bits per heavy atom. The Hall–Kier alpha value is -1.95. The highest BCUT2D eigenvalue weighted by Crippen LogP contribution is 2.34. The predicted octanol–water partition coefficient (Wildman–Crippen LogP) is 1.13. The Kier molecular flexibility index (Phi) is 3.06. The number of ether oxygens (including phenoxy) is 1. The van der Waals surface area contributed by atoms with Crippen LogP contribution in [0.5, 0.6) is 0 Å². The predicted molar refractivity (Wildman–Crippen MR) is 61.0 cm³/mol. The molecule has 17 heavy (non-hydrogen) atoms. The molecule has 0 aliphatic carbocycles. The summed E-state index contributed by atoms with van der Waals surface area (Å²) in [7, 11) is 1.45. The molecule has 1 aromatic carbocycles. The van der Waals surface area contributed by atoms with E-state index in [1.807, 2.05) is 0 Å². The van der Waals surface area contributed by atoms with E-state index in [2.05, 4.69) is 0 Å². The third-order valence-corrected chi connectivity index (χ3v) is 2.77. The van der Waals surface area contributed by atoms with Crippen LogP contribution in [-0.2, 0) is 16.0 Å². The fraction of sp³-hybridized carbons (Fsp3) is 0.364. The molecule has 6 heteroatoms. The van der Waals surface area contributed by atoms with Crippen LogP contribution in [0.2, 0.25) is 0 Å². The molecule has 1 aliphatic rings. The van der Waals surface area contributed by atoms with Gasteiger partial charge < -0.3 is 9.64 Å². The van der Waals surface area contributed by atoms with Gasteiger partial charge in [-0.3, -0.25) is 14.9 Å². The van der Waals surface area contributed by atoms with Crippen LogP contribution in [0.3, 0.4) is 0 Å². The van der Waals surface area contributed by atoms with Crippen molar-refractivity contribution in [3.63, 3.8) is 0 Å². The Bertz CT molecular complexity index is 473. The van der Waals surface area contributed by atoms with Gasteiger partial charge in [-0.05, 0) is 12.5 Å². The van der Waals surface area contributed by atoms with Crippen LogP contribution in [0, 0.1) is 10.1 Å². The number of carbonyl (C=O) groups is 1. The van der Waals surface area contributed by atoms with Gasteiger partial charge in [0, 0.05) is 19.7 Å². The van der Waals surface area contributed by atoms with Gasteiger partial charge in [0.2, 0.25) is 0 Å². The summed E-state index contributed by atoms with van der Waals surface area (Å²) in [5.74, 6) is -0.174. The fourth-order valence-electron chi connectivity index (χ4n) is 2.05. The number of amides is 1. The number of benzene rings is 1. The first-order chi connectivity index (χ1) is 8.15. The van der Waals surface area contributed by atoms with E-state index < -0.39 is 4.92 Å². The average Bonchev–Trinajstić information content (AvgIpc) is 2.72. The fourth-order valence-corrected chi connectivity index (χ4v) is 2.05. The van der Waals surface area contributed by atoms with Gasteiger partial charge in [-0.1, -0.05) is 6.07 Å². The molecule has 0 radical (unpaired) electrons. The Morgan fingerprint density at radius 1 is 1.59 bits per heavy atom. The van der Waals surface area contributed by atoms with Crippen LogP contribution in [0.25, 0.3) is 0 Å². The summed E-state index contributed by atoms with van der Waals surface area (Å²) < 4.78 is 4.78. The molecule has 0 unspecified atom stereocenters. The molecule has 6 nitrogen and oxygen atoms in total. The maximum absolute atomic E-state index is 11.7. The van der Waals surface area contributed by atoms with Gasteiger partial charge in [-0.2, -0.15) is 0 Å². The number of fused-ring (bicyclic) bond motifs is 1. The van der Waals surface area contributed by atoms with Gasteiger partial charge in [0.05, 0.1) is 16.2 Å². The summed E-state index contributed by atoms with van der Waals surface area (Å²) in [6, 6.07) is 4.78. The first-order valence-corrected chi connectivity index (χ1v) is 5.20. The molecule has 0 aromatic heterocycles. The highest BCUT2D eigenvalue weighted by molar-refractivity contribution is 5.97.